The van der Waals surface area contributed by atoms with Crippen LogP contribution in [-0.4, -0.2) is 49.0 Å². The van der Waals surface area contributed by atoms with Crippen molar-refractivity contribution in [2.24, 2.45) is 0 Å². The van der Waals surface area contributed by atoms with E-state index in [-0.39, 0.29) is 11.8 Å². The molecule has 3 aromatic rings. The van der Waals surface area contributed by atoms with Crippen LogP contribution in [0.5, 0.6) is 0 Å². The number of nitrogens with zero attached hydrogens (tertiary/aromatic N) is 3. The van der Waals surface area contributed by atoms with Crippen LogP contribution in [0.1, 0.15) is 20.7 Å². The number of nitrogens with one attached hydrogen (secondary N) is 4. The van der Waals surface area contributed by atoms with E-state index in [0.717, 1.165) is 5.69 Å². The van der Waals surface area contributed by atoms with Gasteiger partial charge in [0.15, 0.2) is 5.82 Å². The second-order valence-electron chi connectivity index (χ2n) is 7.06. The van der Waals surface area contributed by atoms with Gasteiger partial charge >= 0.3 is 0 Å². The molecule has 4 rings (SSSR count). The fourth-order valence-corrected chi connectivity index (χ4v) is 3.56. The molecule has 0 unspecified atom stereocenters. The summed E-state index contributed by atoms with van der Waals surface area (Å²) < 4.78 is 0. The lowest BCUT2D eigenvalue weighted by atomic mass is 10.1. The Labute approximate surface area is 190 Å². The molecule has 2 heterocycles. The van der Waals surface area contributed by atoms with Crippen molar-refractivity contribution in [1.29, 1.82) is 0 Å². The molecular formula is C22H22ClN7O2. The number of fused-ring (bicyclic) bond motifs is 1. The average Bonchev–Trinajstić information content (AvgIpc) is 3.01. The molecule has 10 heteroatoms. The zero-order valence-electron chi connectivity index (χ0n) is 17.6. The minimum Gasteiger partial charge on any atom is -0.381 e. The van der Waals surface area contributed by atoms with Crippen LogP contribution in [0.3, 0.4) is 0 Å². The number of aromatic nitrogens is 2. The SMILES string of the molecule is CNC(=O)c1ccccc1Nc1nc(N(C)c2cccc3c2NCCNC3=O)ncc1Cl. The molecule has 1 aromatic heterocycles. The number of para-hydroxylation sites is 2. The highest BCUT2D eigenvalue weighted by atomic mass is 35.5. The van der Waals surface area contributed by atoms with Gasteiger partial charge in [0.25, 0.3) is 11.8 Å². The van der Waals surface area contributed by atoms with Gasteiger partial charge in [-0.25, -0.2) is 4.98 Å². The molecule has 0 bridgehead atoms. The lowest BCUT2D eigenvalue weighted by Gasteiger charge is -2.22. The molecule has 0 atom stereocenters. The van der Waals surface area contributed by atoms with Crippen LogP contribution in [0.4, 0.5) is 28.8 Å². The highest BCUT2D eigenvalue weighted by Crippen LogP contribution is 2.34. The number of halogens is 1. The van der Waals surface area contributed by atoms with Gasteiger partial charge in [0.1, 0.15) is 5.02 Å². The largest absolute Gasteiger partial charge is 0.381 e. The number of benzene rings is 2. The van der Waals surface area contributed by atoms with Gasteiger partial charge in [-0.05, 0) is 24.3 Å². The molecule has 2 amide bonds. The van der Waals surface area contributed by atoms with E-state index in [1.165, 1.54) is 6.20 Å². The van der Waals surface area contributed by atoms with Gasteiger partial charge < -0.3 is 26.2 Å². The Morgan fingerprint density at radius 2 is 1.91 bits per heavy atom. The minimum absolute atomic E-state index is 0.134. The molecule has 0 radical (unpaired) electrons. The predicted molar refractivity (Wildman–Crippen MR) is 125 cm³/mol. The summed E-state index contributed by atoms with van der Waals surface area (Å²) in [6.45, 7) is 1.14. The summed E-state index contributed by atoms with van der Waals surface area (Å²) in [7, 11) is 3.38. The van der Waals surface area contributed by atoms with Crippen LogP contribution in [0.2, 0.25) is 5.02 Å². The Kier molecular flexibility index (Phi) is 6.09. The Morgan fingerprint density at radius 3 is 2.72 bits per heavy atom. The van der Waals surface area contributed by atoms with Gasteiger partial charge in [0.2, 0.25) is 5.95 Å². The third-order valence-corrected chi connectivity index (χ3v) is 5.32. The highest BCUT2D eigenvalue weighted by Gasteiger charge is 2.21. The van der Waals surface area contributed by atoms with E-state index in [1.54, 1.807) is 36.2 Å². The number of rotatable bonds is 5. The second-order valence-corrected chi connectivity index (χ2v) is 7.46. The van der Waals surface area contributed by atoms with E-state index in [2.05, 4.69) is 31.2 Å². The summed E-state index contributed by atoms with van der Waals surface area (Å²) in [4.78, 5) is 35.3. The summed E-state index contributed by atoms with van der Waals surface area (Å²) in [5.41, 5.74) is 3.04. The first-order chi connectivity index (χ1) is 15.5. The molecular weight excluding hydrogens is 430 g/mol. The lowest BCUT2D eigenvalue weighted by Crippen LogP contribution is -2.24. The third kappa shape index (κ3) is 4.15. The molecule has 0 spiro atoms. The quantitative estimate of drug-likeness (QED) is 0.471. The maximum Gasteiger partial charge on any atom is 0.253 e. The summed E-state index contributed by atoms with van der Waals surface area (Å²) in [6, 6.07) is 12.5. The molecule has 0 saturated carbocycles. The van der Waals surface area contributed by atoms with Crippen molar-refractivity contribution in [2.75, 3.05) is 42.7 Å². The predicted octanol–water partition coefficient (Wildman–Crippen LogP) is 3.16. The lowest BCUT2D eigenvalue weighted by molar-refractivity contribution is 0.0952. The molecule has 164 valence electrons. The molecule has 2 aromatic carbocycles. The summed E-state index contributed by atoms with van der Waals surface area (Å²) in [6.07, 6.45) is 1.49. The first-order valence-electron chi connectivity index (χ1n) is 9.99. The van der Waals surface area contributed by atoms with Crippen LogP contribution in [0.15, 0.2) is 48.7 Å². The number of hydrogen-bond donors (Lipinski definition) is 4. The standard InChI is InChI=1S/C22H22ClN7O2/c1-24-20(31)13-6-3-4-8-16(13)28-19-15(23)12-27-22(29-19)30(2)17-9-5-7-14-18(17)25-10-11-26-21(14)32/h3-9,12,25H,10-11H2,1-2H3,(H,24,31)(H,26,32)(H,27,28,29). The topological polar surface area (TPSA) is 111 Å². The second kappa shape index (κ2) is 9.11. The zero-order valence-corrected chi connectivity index (χ0v) is 18.3. The third-order valence-electron chi connectivity index (χ3n) is 5.04. The van der Waals surface area contributed by atoms with Gasteiger partial charge in [-0.1, -0.05) is 29.8 Å². The molecule has 0 aliphatic carbocycles. The Balaban J connectivity index is 1.70. The van der Waals surface area contributed by atoms with Crippen molar-refractivity contribution in [2.45, 2.75) is 0 Å². The molecule has 1 aliphatic rings. The van der Waals surface area contributed by atoms with Gasteiger partial charge in [0.05, 0.1) is 34.4 Å². The number of carbonyl (C=O) groups is 2. The number of hydrogen-bond acceptors (Lipinski definition) is 7. The first-order valence-corrected chi connectivity index (χ1v) is 10.4. The van der Waals surface area contributed by atoms with Crippen molar-refractivity contribution in [3.63, 3.8) is 0 Å². The van der Waals surface area contributed by atoms with Crippen molar-refractivity contribution < 1.29 is 9.59 Å². The smallest absolute Gasteiger partial charge is 0.253 e. The zero-order chi connectivity index (χ0) is 22.7. The van der Waals surface area contributed by atoms with Gasteiger partial charge in [-0.2, -0.15) is 4.98 Å². The van der Waals surface area contributed by atoms with E-state index >= 15 is 0 Å². The van der Waals surface area contributed by atoms with E-state index in [9.17, 15) is 9.59 Å². The van der Waals surface area contributed by atoms with Gasteiger partial charge in [-0.3, -0.25) is 9.59 Å². The number of amides is 2. The van der Waals surface area contributed by atoms with Gasteiger partial charge in [-0.15, -0.1) is 0 Å². The summed E-state index contributed by atoms with van der Waals surface area (Å²) in [5.74, 6) is 0.360. The van der Waals surface area contributed by atoms with E-state index in [0.29, 0.717) is 52.4 Å². The first kappa shape index (κ1) is 21.4. The molecule has 4 N–H and O–H groups in total. The molecule has 32 heavy (non-hydrogen) atoms. The average molecular weight is 452 g/mol. The number of carbonyl (C=O) groups excluding carboxylic acids is 2. The monoisotopic (exact) mass is 451 g/mol. The molecule has 1 aliphatic heterocycles. The van der Waals surface area contributed by atoms with Crippen LogP contribution in [0, 0.1) is 0 Å². The van der Waals surface area contributed by atoms with E-state index in [1.807, 2.05) is 25.2 Å². The molecule has 0 saturated heterocycles. The van der Waals surface area contributed by atoms with Crippen LogP contribution in [0.25, 0.3) is 0 Å². The minimum atomic E-state index is -0.230. The highest BCUT2D eigenvalue weighted by molar-refractivity contribution is 6.33. The summed E-state index contributed by atoms with van der Waals surface area (Å²) >= 11 is 6.35. The Morgan fingerprint density at radius 1 is 1.12 bits per heavy atom. The van der Waals surface area contributed by atoms with Crippen molar-refractivity contribution in [1.82, 2.24) is 20.6 Å². The summed E-state index contributed by atoms with van der Waals surface area (Å²) in [5, 5.41) is 12.2. The maximum absolute atomic E-state index is 12.4. The fourth-order valence-electron chi connectivity index (χ4n) is 3.42. The van der Waals surface area contributed by atoms with Crippen LogP contribution >= 0.6 is 11.6 Å². The Hall–Kier alpha value is -3.85. The van der Waals surface area contributed by atoms with Crippen molar-refractivity contribution >= 4 is 52.2 Å². The number of anilines is 5. The molecule has 9 nitrogen and oxygen atoms in total. The van der Waals surface area contributed by atoms with Crippen molar-refractivity contribution in [3.8, 4) is 0 Å². The van der Waals surface area contributed by atoms with Crippen LogP contribution in [-0.2, 0) is 0 Å². The normalized spacial score (nSPS) is 12.7. The van der Waals surface area contributed by atoms with E-state index in [4.69, 9.17) is 11.6 Å². The van der Waals surface area contributed by atoms with Crippen LogP contribution < -0.4 is 26.2 Å². The van der Waals surface area contributed by atoms with Gasteiger partial charge in [0, 0.05) is 27.2 Å². The molecule has 0 fully saturated rings. The van der Waals surface area contributed by atoms with Crippen molar-refractivity contribution in [3.05, 3.63) is 64.8 Å². The van der Waals surface area contributed by atoms with E-state index < -0.39 is 0 Å². The fraction of sp³-hybridized carbons (Fsp3) is 0.182. The maximum atomic E-state index is 12.4. The Bertz CT molecular complexity index is 1180.